The Bertz CT molecular complexity index is 338. The van der Waals surface area contributed by atoms with E-state index in [0.29, 0.717) is 5.75 Å². The van der Waals surface area contributed by atoms with E-state index >= 15 is 0 Å². The summed E-state index contributed by atoms with van der Waals surface area (Å²) >= 11 is 0. The number of halogens is 2. The minimum absolute atomic E-state index is 0.537. The van der Waals surface area contributed by atoms with Crippen LogP contribution >= 0.6 is 0 Å². The highest BCUT2D eigenvalue weighted by Gasteiger charge is 2.16. The molecule has 16 heavy (non-hydrogen) atoms. The zero-order valence-corrected chi connectivity index (χ0v) is 9.03. The summed E-state index contributed by atoms with van der Waals surface area (Å²) in [6.07, 6.45) is -0.113. The molecule has 0 amide bonds. The second-order valence-electron chi connectivity index (χ2n) is 3.86. The highest BCUT2D eigenvalue weighted by atomic mass is 19.3. The predicted molar refractivity (Wildman–Crippen MR) is 59.4 cm³/mol. The molecule has 1 aromatic rings. The third-order valence-corrected chi connectivity index (χ3v) is 2.68. The van der Waals surface area contributed by atoms with Gasteiger partial charge in [0.05, 0.1) is 5.69 Å². The molecule has 2 rings (SSSR count). The van der Waals surface area contributed by atoms with Gasteiger partial charge >= 0.3 is 0 Å². The molecule has 1 aromatic carbocycles. The monoisotopic (exact) mass is 227 g/mol. The summed E-state index contributed by atoms with van der Waals surface area (Å²) in [6.45, 7) is 1.43. The van der Waals surface area contributed by atoms with Crippen molar-refractivity contribution in [3.05, 3.63) is 24.3 Å². The molecule has 0 bridgehead atoms. The highest BCUT2D eigenvalue weighted by Crippen LogP contribution is 2.30. The first-order valence-electron chi connectivity index (χ1n) is 5.52. The summed E-state index contributed by atoms with van der Waals surface area (Å²) in [4.78, 5) is 2.18. The summed E-state index contributed by atoms with van der Waals surface area (Å²) in [5.74, 6) is 0.560. The molecule has 0 N–H and O–H groups in total. The second kappa shape index (κ2) is 5.14. The van der Waals surface area contributed by atoms with E-state index in [1.54, 1.807) is 12.1 Å². The van der Waals surface area contributed by atoms with E-state index in [9.17, 15) is 8.78 Å². The smallest absolute Gasteiger partial charge is 0.272 e. The lowest BCUT2D eigenvalue weighted by Gasteiger charge is -2.21. The van der Waals surface area contributed by atoms with Crippen LogP contribution < -0.4 is 9.64 Å². The number of alkyl halides is 2. The lowest BCUT2D eigenvalue weighted by molar-refractivity contribution is 0.0821. The average molecular weight is 227 g/mol. The summed E-state index contributed by atoms with van der Waals surface area (Å²) in [7, 11) is 0. The van der Waals surface area contributed by atoms with Crippen molar-refractivity contribution in [1.29, 1.82) is 0 Å². The van der Waals surface area contributed by atoms with Crippen LogP contribution in [0.2, 0.25) is 0 Å². The van der Waals surface area contributed by atoms with Gasteiger partial charge in [0.2, 0.25) is 0 Å². The molecule has 0 aliphatic carbocycles. The highest BCUT2D eigenvalue weighted by molar-refractivity contribution is 5.58. The number of para-hydroxylation sites is 2. The van der Waals surface area contributed by atoms with Crippen molar-refractivity contribution in [2.24, 2.45) is 0 Å². The molecule has 1 saturated heterocycles. The minimum Gasteiger partial charge on any atom is -0.485 e. The molecule has 1 heterocycles. The van der Waals surface area contributed by atoms with Crippen molar-refractivity contribution < 1.29 is 13.5 Å². The van der Waals surface area contributed by atoms with Gasteiger partial charge in [0.15, 0.2) is 0 Å². The maximum atomic E-state index is 12.1. The maximum absolute atomic E-state index is 12.1. The van der Waals surface area contributed by atoms with Gasteiger partial charge in [-0.1, -0.05) is 12.1 Å². The number of nitrogens with zero attached hydrogens (tertiary/aromatic N) is 1. The Kier molecular flexibility index (Phi) is 3.59. The number of rotatable bonds is 4. The lowest BCUT2D eigenvalue weighted by atomic mass is 10.2. The Morgan fingerprint density at radius 1 is 1.19 bits per heavy atom. The fourth-order valence-electron chi connectivity index (χ4n) is 1.95. The molecule has 0 atom stereocenters. The summed E-state index contributed by atoms with van der Waals surface area (Å²) in [5.41, 5.74) is 0.931. The summed E-state index contributed by atoms with van der Waals surface area (Å²) in [5, 5.41) is 0. The van der Waals surface area contributed by atoms with Crippen molar-refractivity contribution in [2.45, 2.75) is 19.3 Å². The zero-order chi connectivity index (χ0) is 11.4. The van der Waals surface area contributed by atoms with Crippen LogP contribution in [-0.2, 0) is 0 Å². The Hall–Kier alpha value is -1.32. The molecule has 0 spiro atoms. The van der Waals surface area contributed by atoms with E-state index in [2.05, 4.69) is 4.90 Å². The molecular weight excluding hydrogens is 212 g/mol. The number of benzene rings is 1. The van der Waals surface area contributed by atoms with Crippen LogP contribution in [0.15, 0.2) is 24.3 Å². The first kappa shape index (κ1) is 11.2. The average Bonchev–Trinajstić information content (AvgIpc) is 2.80. The summed E-state index contributed by atoms with van der Waals surface area (Å²) < 4.78 is 29.3. The van der Waals surface area contributed by atoms with Crippen molar-refractivity contribution >= 4 is 5.69 Å². The molecule has 0 unspecified atom stereocenters. The van der Waals surface area contributed by atoms with Gasteiger partial charge in [-0.05, 0) is 25.0 Å². The largest absolute Gasteiger partial charge is 0.485 e. The first-order valence-corrected chi connectivity index (χ1v) is 5.52. The second-order valence-corrected chi connectivity index (χ2v) is 3.86. The van der Waals surface area contributed by atoms with Gasteiger partial charge < -0.3 is 9.64 Å². The third kappa shape index (κ3) is 2.62. The molecule has 4 heteroatoms. The number of hydrogen-bond donors (Lipinski definition) is 0. The summed E-state index contributed by atoms with van der Waals surface area (Å²) in [6, 6.07) is 7.38. The SMILES string of the molecule is FC(F)COc1ccccc1N1CCCC1. The van der Waals surface area contributed by atoms with E-state index in [0.717, 1.165) is 31.6 Å². The standard InChI is InChI=1S/C12H15F2NO/c13-12(14)9-16-11-6-2-1-5-10(11)15-7-3-4-8-15/h1-2,5-6,12H,3-4,7-9H2. The van der Waals surface area contributed by atoms with Gasteiger partial charge in [0.1, 0.15) is 12.4 Å². The molecule has 1 aliphatic rings. The third-order valence-electron chi connectivity index (χ3n) is 2.68. The Balaban J connectivity index is 2.10. The van der Waals surface area contributed by atoms with Crippen molar-refractivity contribution in [3.63, 3.8) is 0 Å². The number of anilines is 1. The van der Waals surface area contributed by atoms with Gasteiger partial charge in [-0.15, -0.1) is 0 Å². The number of ether oxygens (including phenoxy) is 1. The first-order chi connectivity index (χ1) is 7.77. The fraction of sp³-hybridized carbons (Fsp3) is 0.500. The Labute approximate surface area is 93.8 Å². The molecule has 0 aromatic heterocycles. The van der Waals surface area contributed by atoms with Crippen LogP contribution in [0.1, 0.15) is 12.8 Å². The normalized spacial score (nSPS) is 15.8. The molecule has 1 fully saturated rings. The quantitative estimate of drug-likeness (QED) is 0.784. The zero-order valence-electron chi connectivity index (χ0n) is 9.03. The molecule has 1 aliphatic heterocycles. The van der Waals surface area contributed by atoms with Crippen molar-refractivity contribution in [2.75, 3.05) is 24.6 Å². The van der Waals surface area contributed by atoms with Crippen LogP contribution in [0.3, 0.4) is 0 Å². The van der Waals surface area contributed by atoms with Crippen LogP contribution in [-0.4, -0.2) is 26.1 Å². The molecule has 0 saturated carbocycles. The Morgan fingerprint density at radius 3 is 2.56 bits per heavy atom. The molecule has 2 nitrogen and oxygen atoms in total. The van der Waals surface area contributed by atoms with Crippen LogP contribution in [0.25, 0.3) is 0 Å². The fourth-order valence-corrected chi connectivity index (χ4v) is 1.95. The topological polar surface area (TPSA) is 12.5 Å². The van der Waals surface area contributed by atoms with Gasteiger partial charge in [0.25, 0.3) is 6.43 Å². The lowest BCUT2D eigenvalue weighted by Crippen LogP contribution is -2.19. The predicted octanol–water partition coefficient (Wildman–Crippen LogP) is 2.93. The molecule has 88 valence electrons. The maximum Gasteiger partial charge on any atom is 0.272 e. The van der Waals surface area contributed by atoms with Crippen molar-refractivity contribution in [3.8, 4) is 5.75 Å². The number of hydrogen-bond acceptors (Lipinski definition) is 2. The van der Waals surface area contributed by atoms with Gasteiger partial charge in [-0.2, -0.15) is 0 Å². The Morgan fingerprint density at radius 2 is 1.88 bits per heavy atom. The van der Waals surface area contributed by atoms with Crippen LogP contribution in [0, 0.1) is 0 Å². The minimum atomic E-state index is -2.42. The van der Waals surface area contributed by atoms with E-state index in [-0.39, 0.29) is 0 Å². The van der Waals surface area contributed by atoms with Crippen LogP contribution in [0.5, 0.6) is 5.75 Å². The molecular formula is C12H15F2NO. The van der Waals surface area contributed by atoms with Gasteiger partial charge in [0, 0.05) is 13.1 Å². The van der Waals surface area contributed by atoms with Gasteiger partial charge in [-0.25, -0.2) is 8.78 Å². The molecule has 0 radical (unpaired) electrons. The van der Waals surface area contributed by atoms with Gasteiger partial charge in [-0.3, -0.25) is 0 Å². The van der Waals surface area contributed by atoms with E-state index < -0.39 is 13.0 Å². The van der Waals surface area contributed by atoms with E-state index in [1.807, 2.05) is 12.1 Å². The van der Waals surface area contributed by atoms with Crippen LogP contribution in [0.4, 0.5) is 14.5 Å². The van der Waals surface area contributed by atoms with E-state index in [1.165, 1.54) is 0 Å². The van der Waals surface area contributed by atoms with E-state index in [4.69, 9.17) is 4.74 Å². The van der Waals surface area contributed by atoms with Crippen molar-refractivity contribution in [1.82, 2.24) is 0 Å².